The van der Waals surface area contributed by atoms with Crippen LogP contribution >= 0.6 is 11.6 Å². The van der Waals surface area contributed by atoms with E-state index in [-0.39, 0.29) is 11.9 Å². The highest BCUT2D eigenvalue weighted by Crippen LogP contribution is 2.28. The average molecular weight is 458 g/mol. The molecule has 0 aliphatic carbocycles. The Bertz CT molecular complexity index is 962. The maximum Gasteiger partial charge on any atom is 0.321 e. The van der Waals surface area contributed by atoms with Gasteiger partial charge < -0.3 is 24.6 Å². The summed E-state index contributed by atoms with van der Waals surface area (Å²) in [4.78, 5) is 28.8. The van der Waals surface area contributed by atoms with Crippen LogP contribution in [0.4, 0.5) is 10.5 Å². The SMILES string of the molecule is CCOc1cc(/C=C/C(=O)N2CCCN(C(=O)Nc3ccc(Cl)cc3)CC2)ccc1OC. The molecule has 8 heteroatoms. The first kappa shape index (κ1) is 23.5. The molecule has 2 aromatic carbocycles. The molecule has 1 N–H and O–H groups in total. The zero-order valence-corrected chi connectivity index (χ0v) is 19.1. The summed E-state index contributed by atoms with van der Waals surface area (Å²) >= 11 is 5.89. The van der Waals surface area contributed by atoms with Crippen LogP contribution < -0.4 is 14.8 Å². The molecule has 0 radical (unpaired) electrons. The number of benzene rings is 2. The number of hydrogen-bond donors (Lipinski definition) is 1. The topological polar surface area (TPSA) is 71.1 Å². The van der Waals surface area contributed by atoms with Gasteiger partial charge in [-0.1, -0.05) is 17.7 Å². The van der Waals surface area contributed by atoms with Crippen molar-refractivity contribution in [2.24, 2.45) is 0 Å². The van der Waals surface area contributed by atoms with Crippen LogP contribution in [0.25, 0.3) is 6.08 Å². The van der Waals surface area contributed by atoms with Crippen molar-refractivity contribution in [3.05, 3.63) is 59.1 Å². The number of anilines is 1. The van der Waals surface area contributed by atoms with Gasteiger partial charge in [0.05, 0.1) is 13.7 Å². The fraction of sp³-hybridized carbons (Fsp3) is 0.333. The second-order valence-corrected chi connectivity index (χ2v) is 7.72. The van der Waals surface area contributed by atoms with Gasteiger partial charge in [0.25, 0.3) is 0 Å². The molecule has 1 fully saturated rings. The van der Waals surface area contributed by atoms with Crippen LogP contribution in [0, 0.1) is 0 Å². The number of halogens is 1. The lowest BCUT2D eigenvalue weighted by Crippen LogP contribution is -2.39. The number of hydrogen-bond acceptors (Lipinski definition) is 4. The van der Waals surface area contributed by atoms with E-state index in [0.717, 1.165) is 5.56 Å². The molecule has 0 spiro atoms. The fourth-order valence-corrected chi connectivity index (χ4v) is 3.54. The summed E-state index contributed by atoms with van der Waals surface area (Å²) in [5, 5.41) is 3.49. The van der Waals surface area contributed by atoms with E-state index >= 15 is 0 Å². The first-order valence-corrected chi connectivity index (χ1v) is 11.0. The standard InChI is InChI=1S/C24H28ClN3O4/c1-3-32-22-17-18(5-11-21(22)31-2)6-12-23(29)27-13-4-14-28(16-15-27)24(30)26-20-9-7-19(25)8-10-20/h5-12,17H,3-4,13-16H2,1-2H3,(H,26,30)/b12-6+. The molecule has 1 heterocycles. The Hall–Kier alpha value is -3.19. The zero-order valence-electron chi connectivity index (χ0n) is 18.3. The number of carbonyl (C=O) groups excluding carboxylic acids is 2. The minimum atomic E-state index is -0.182. The molecule has 170 valence electrons. The Morgan fingerprint density at radius 3 is 2.47 bits per heavy atom. The summed E-state index contributed by atoms with van der Waals surface area (Å²) in [5.74, 6) is 1.21. The maximum absolute atomic E-state index is 12.7. The van der Waals surface area contributed by atoms with Crippen LogP contribution in [0.5, 0.6) is 11.5 Å². The average Bonchev–Trinajstić information content (AvgIpc) is 3.06. The fourth-order valence-electron chi connectivity index (χ4n) is 3.41. The third-order valence-corrected chi connectivity index (χ3v) is 5.35. The van der Waals surface area contributed by atoms with Gasteiger partial charge in [0, 0.05) is 43.0 Å². The number of amides is 3. The number of ether oxygens (including phenoxy) is 2. The summed E-state index contributed by atoms with van der Waals surface area (Å²) in [6.45, 7) is 4.56. The highest BCUT2D eigenvalue weighted by molar-refractivity contribution is 6.30. The van der Waals surface area contributed by atoms with Crippen LogP contribution in [0.2, 0.25) is 5.02 Å². The van der Waals surface area contributed by atoms with Gasteiger partial charge in [0.2, 0.25) is 5.91 Å². The third kappa shape index (κ3) is 6.40. The van der Waals surface area contributed by atoms with Gasteiger partial charge in [-0.05, 0) is 61.4 Å². The molecule has 0 bridgehead atoms. The van der Waals surface area contributed by atoms with Gasteiger partial charge in [-0.3, -0.25) is 4.79 Å². The molecule has 32 heavy (non-hydrogen) atoms. The van der Waals surface area contributed by atoms with Gasteiger partial charge in [-0.15, -0.1) is 0 Å². The molecule has 7 nitrogen and oxygen atoms in total. The van der Waals surface area contributed by atoms with Crippen molar-refractivity contribution in [1.82, 2.24) is 9.80 Å². The molecule has 3 rings (SSSR count). The summed E-state index contributed by atoms with van der Waals surface area (Å²) in [6.07, 6.45) is 4.03. The zero-order chi connectivity index (χ0) is 22.9. The Morgan fingerprint density at radius 2 is 1.75 bits per heavy atom. The Balaban J connectivity index is 1.56. The van der Waals surface area contributed by atoms with Crippen LogP contribution in [0.15, 0.2) is 48.5 Å². The molecule has 1 aliphatic rings. The lowest BCUT2D eigenvalue weighted by Gasteiger charge is -2.22. The maximum atomic E-state index is 12.7. The smallest absolute Gasteiger partial charge is 0.321 e. The van der Waals surface area contributed by atoms with Gasteiger partial charge in [0.15, 0.2) is 11.5 Å². The van der Waals surface area contributed by atoms with Crippen molar-refractivity contribution in [2.45, 2.75) is 13.3 Å². The van der Waals surface area contributed by atoms with E-state index in [9.17, 15) is 9.59 Å². The summed E-state index contributed by atoms with van der Waals surface area (Å²) < 4.78 is 10.9. The number of methoxy groups -OCH3 is 1. The van der Waals surface area contributed by atoms with E-state index in [2.05, 4.69) is 5.32 Å². The predicted molar refractivity (Wildman–Crippen MR) is 126 cm³/mol. The van der Waals surface area contributed by atoms with Crippen molar-refractivity contribution in [3.63, 3.8) is 0 Å². The van der Waals surface area contributed by atoms with Crippen molar-refractivity contribution in [1.29, 1.82) is 0 Å². The van der Waals surface area contributed by atoms with Crippen LogP contribution in [0.3, 0.4) is 0 Å². The van der Waals surface area contributed by atoms with E-state index in [1.54, 1.807) is 53.3 Å². The summed E-state index contributed by atoms with van der Waals surface area (Å²) in [7, 11) is 1.59. The summed E-state index contributed by atoms with van der Waals surface area (Å²) in [6, 6.07) is 12.3. The predicted octanol–water partition coefficient (Wildman–Crippen LogP) is 4.53. The van der Waals surface area contributed by atoms with Crippen LogP contribution in [-0.4, -0.2) is 61.6 Å². The van der Waals surface area contributed by atoms with Gasteiger partial charge in [0.1, 0.15) is 0 Å². The molecule has 0 saturated carbocycles. The lowest BCUT2D eigenvalue weighted by molar-refractivity contribution is -0.125. The first-order chi connectivity index (χ1) is 15.5. The van der Waals surface area contributed by atoms with Crippen molar-refractivity contribution in [3.8, 4) is 11.5 Å². The van der Waals surface area contributed by atoms with Crippen molar-refractivity contribution in [2.75, 3.05) is 45.2 Å². The number of urea groups is 1. The first-order valence-electron chi connectivity index (χ1n) is 10.6. The molecule has 1 aliphatic heterocycles. The second-order valence-electron chi connectivity index (χ2n) is 7.28. The minimum absolute atomic E-state index is 0.0845. The number of nitrogens with zero attached hydrogens (tertiary/aromatic N) is 2. The highest BCUT2D eigenvalue weighted by atomic mass is 35.5. The van der Waals surface area contributed by atoms with Crippen molar-refractivity contribution >= 4 is 35.3 Å². The van der Waals surface area contributed by atoms with Crippen molar-refractivity contribution < 1.29 is 19.1 Å². The van der Waals surface area contributed by atoms with Gasteiger partial charge in [-0.25, -0.2) is 4.79 Å². The Kier molecular flexibility index (Phi) is 8.39. The van der Waals surface area contributed by atoms with E-state index in [4.69, 9.17) is 21.1 Å². The quantitative estimate of drug-likeness (QED) is 0.647. The number of rotatable bonds is 6. The van der Waals surface area contributed by atoms with Gasteiger partial charge in [-0.2, -0.15) is 0 Å². The molecule has 2 aromatic rings. The second kappa shape index (κ2) is 11.4. The van der Waals surface area contributed by atoms with E-state index in [1.165, 1.54) is 0 Å². The molecule has 0 unspecified atom stereocenters. The largest absolute Gasteiger partial charge is 0.493 e. The van der Waals surface area contributed by atoms with E-state index in [1.807, 2.05) is 25.1 Å². The van der Waals surface area contributed by atoms with Gasteiger partial charge >= 0.3 is 6.03 Å². The number of nitrogens with one attached hydrogen (secondary N) is 1. The lowest BCUT2D eigenvalue weighted by atomic mass is 10.2. The Morgan fingerprint density at radius 1 is 1.03 bits per heavy atom. The summed E-state index contributed by atoms with van der Waals surface area (Å²) in [5.41, 5.74) is 1.53. The molecule has 0 atom stereocenters. The third-order valence-electron chi connectivity index (χ3n) is 5.10. The van der Waals surface area contributed by atoms with E-state index < -0.39 is 0 Å². The highest BCUT2D eigenvalue weighted by Gasteiger charge is 2.21. The minimum Gasteiger partial charge on any atom is -0.493 e. The number of carbonyl (C=O) groups is 2. The molecule has 0 aromatic heterocycles. The van der Waals surface area contributed by atoms with Crippen LogP contribution in [0.1, 0.15) is 18.9 Å². The normalized spacial score (nSPS) is 14.2. The Labute approximate surface area is 193 Å². The molecular formula is C24H28ClN3O4. The van der Waals surface area contributed by atoms with Crippen LogP contribution in [-0.2, 0) is 4.79 Å². The molecule has 1 saturated heterocycles. The molecule has 3 amide bonds. The molecular weight excluding hydrogens is 430 g/mol. The van der Waals surface area contributed by atoms with E-state index in [0.29, 0.717) is 61.4 Å². The monoisotopic (exact) mass is 457 g/mol.